The summed E-state index contributed by atoms with van der Waals surface area (Å²) in [5, 5.41) is 69.6. The highest BCUT2D eigenvalue weighted by atomic mass is 35.5. The molecule has 120 heavy (non-hydrogen) atoms. The molecule has 0 saturated carbocycles. The van der Waals surface area contributed by atoms with Crippen molar-refractivity contribution in [1.29, 1.82) is 0 Å². The normalized spacial score (nSPS) is 33.1. The zero-order valence-electron chi connectivity index (χ0n) is 60.1. The number of aromatic nitrogens is 8. The Labute approximate surface area is 679 Å². The van der Waals surface area contributed by atoms with E-state index in [0.717, 1.165) is 36.8 Å². The van der Waals surface area contributed by atoms with Gasteiger partial charge in [-0.05, 0) is 0 Å². The molecule has 24 atom stereocenters. The van der Waals surface area contributed by atoms with Crippen molar-refractivity contribution in [3.8, 4) is 0 Å². The summed E-state index contributed by atoms with van der Waals surface area (Å²) in [5.41, 5.74) is -8.17. The van der Waals surface area contributed by atoms with Gasteiger partial charge in [0.2, 0.25) is 0 Å². The van der Waals surface area contributed by atoms with E-state index < -0.39 is 259 Å². The summed E-state index contributed by atoms with van der Waals surface area (Å²) in [4.78, 5) is 241. The lowest BCUT2D eigenvalue weighted by Crippen LogP contribution is -2.42. The Kier molecular flexibility index (Phi) is 33.2. The highest BCUT2D eigenvalue weighted by Gasteiger charge is 2.61. The fourth-order valence-corrected chi connectivity index (χ4v) is 21.7. The summed E-state index contributed by atoms with van der Waals surface area (Å²) in [6, 6.07) is 3.20. The molecule has 4 aromatic heterocycles. The Morgan fingerprint density at radius 1 is 0.325 bits per heavy atom. The number of nitrogens with one attached hydrogen (secondary N) is 4. The third-order valence-corrected chi connectivity index (χ3v) is 29.4. The monoisotopic (exact) mass is 2080 g/mol. The molecule has 8 rings (SSSR count). The lowest BCUT2D eigenvalue weighted by atomic mass is 10.1. The van der Waals surface area contributed by atoms with Crippen molar-refractivity contribution < 1.29 is 251 Å². The quantitative estimate of drug-likeness (QED) is 0.0159. The molecule has 4 saturated heterocycles. The number of aliphatic hydroxyl groups excluding tert-OH is 8. The highest BCUT2D eigenvalue weighted by Crippen LogP contribution is 2.70. The third-order valence-electron chi connectivity index (χ3n) is 12.8. The van der Waals surface area contributed by atoms with E-state index in [4.69, 9.17) is 130 Å². The standard InChI is InChI=1S/4C9H14ClN2O15P3/c4*10-9(3-24-29(20,21)27-30(22,23)26-28(17,18)19)6(15)5(14)7(25-9)12-2-1-4(13)11-8(12)16/h4*1-2,5-7,14-15H,3H2,(H,20,21)(H,22,23)(H,11,13,16)(H2,17,18,19)/t4*5-,6+,7-,9-/m1111/s1/i3D2,7D;7D;;. The van der Waals surface area contributed by atoms with E-state index in [9.17, 15) is 154 Å². The van der Waals surface area contributed by atoms with E-state index in [1.54, 1.807) is 9.97 Å². The number of H-pyrrole nitrogens is 4. The lowest BCUT2D eigenvalue weighted by Gasteiger charge is -2.25. The molecule has 8 heterocycles. The van der Waals surface area contributed by atoms with E-state index in [0.29, 0.717) is 26.0 Å². The molecule has 0 bridgehead atoms. The topological polar surface area (TPSA) is 1060 Å². The van der Waals surface area contributed by atoms with Crippen molar-refractivity contribution in [3.63, 3.8) is 0 Å². The van der Waals surface area contributed by atoms with Crippen LogP contribution >= 0.6 is 140 Å². The van der Waals surface area contributed by atoms with Crippen LogP contribution in [-0.4, -0.2) is 253 Å². The summed E-state index contributed by atoms with van der Waals surface area (Å²) in [6.07, 6.45) is -24.3. The second-order valence-electron chi connectivity index (χ2n) is 21.9. The van der Waals surface area contributed by atoms with Crippen LogP contribution in [-0.2, 0) is 126 Å². The number of aliphatic hydroxyl groups is 8. The predicted molar refractivity (Wildman–Crippen MR) is 367 cm³/mol. The van der Waals surface area contributed by atoms with Gasteiger partial charge in [0.25, 0.3) is 22.2 Å². The van der Waals surface area contributed by atoms with Crippen LogP contribution in [0.5, 0.6) is 0 Å². The maximum absolute atomic E-state index is 12.0. The molecule has 0 aliphatic carbocycles. The molecule has 68 nitrogen and oxygen atoms in total. The first-order valence-electron chi connectivity index (χ1n) is 30.7. The van der Waals surface area contributed by atoms with Crippen LogP contribution in [0.25, 0.3) is 0 Å². The molecular weight excluding hydrogens is 2020 g/mol. The minimum absolute atomic E-state index is 0.160. The van der Waals surface area contributed by atoms with Crippen LogP contribution < -0.4 is 45.0 Å². The maximum atomic E-state index is 12.0. The molecule has 0 radical (unpaired) electrons. The number of phosphoric ester groups is 4. The van der Waals surface area contributed by atoms with Crippen LogP contribution in [0.1, 0.15) is 30.3 Å². The van der Waals surface area contributed by atoms with Crippen molar-refractivity contribution in [1.82, 2.24) is 38.2 Å². The molecule has 0 spiro atoms. The number of ether oxygens (including phenoxy) is 4. The Balaban J connectivity index is 0.000000294. The first kappa shape index (κ1) is 101. The number of hydrogen-bond donors (Lipinski definition) is 28. The van der Waals surface area contributed by atoms with E-state index in [2.05, 4.69) is 52.6 Å². The molecule has 4 aliphatic rings. The van der Waals surface area contributed by atoms with Crippen molar-refractivity contribution in [2.75, 3.05) is 26.4 Å². The van der Waals surface area contributed by atoms with Crippen LogP contribution in [0.15, 0.2) is 87.4 Å². The number of phosphoric acid groups is 12. The van der Waals surface area contributed by atoms with Gasteiger partial charge in [-0.2, -0.15) is 34.5 Å². The molecule has 4 aromatic rings. The molecule has 4 fully saturated rings. The average Bonchev–Trinajstić information content (AvgIpc) is 1.55. The molecule has 0 aromatic carbocycles. The number of rotatable bonds is 32. The zero-order valence-corrected chi connectivity index (χ0v) is 69.9. The number of halogens is 4. The average molecular weight is 2080 g/mol. The minimum atomic E-state index is -6.18. The second kappa shape index (κ2) is 39.6. The largest absolute Gasteiger partial charge is 0.490 e. The van der Waals surface area contributed by atoms with Gasteiger partial charge < -0.3 is 138 Å². The van der Waals surface area contributed by atoms with Gasteiger partial charge >= 0.3 is 117 Å². The molecule has 84 heteroatoms. The third kappa shape index (κ3) is 31.8. The van der Waals surface area contributed by atoms with Crippen LogP contribution in [0.3, 0.4) is 0 Å². The van der Waals surface area contributed by atoms with Crippen molar-refractivity contribution >= 4 is 140 Å². The summed E-state index contributed by atoms with van der Waals surface area (Å²) in [5.74, 6) is 0. The Morgan fingerprint density at radius 3 is 0.775 bits per heavy atom. The Morgan fingerprint density at radius 2 is 0.533 bits per heavy atom. The number of nitrogens with zero attached hydrogens (tertiary/aromatic N) is 4. The van der Waals surface area contributed by atoms with Crippen LogP contribution in [0, 0.1) is 0 Å². The van der Waals surface area contributed by atoms with Crippen LogP contribution in [0.2, 0.25) is 0 Å². The van der Waals surface area contributed by atoms with E-state index in [-0.39, 0.29) is 4.57 Å². The second-order valence-corrected chi connectivity index (χ2v) is 42.0. The smallest absolute Gasteiger partial charge is 0.386 e. The molecule has 688 valence electrons. The fraction of sp³-hybridized carbons (Fsp3) is 0.556. The van der Waals surface area contributed by atoms with Gasteiger partial charge in [-0.3, -0.25) is 75.5 Å². The summed E-state index contributed by atoms with van der Waals surface area (Å²) in [7, 11) is -69.2. The van der Waals surface area contributed by atoms with E-state index in [1.807, 2.05) is 9.97 Å². The summed E-state index contributed by atoms with van der Waals surface area (Å²) in [6.45, 7) is -8.10. The van der Waals surface area contributed by atoms with Gasteiger partial charge in [0.05, 0.1) is 5.48 Å². The van der Waals surface area contributed by atoms with Crippen molar-refractivity contribution in [2.45, 2.75) is 93.9 Å². The van der Waals surface area contributed by atoms with Crippen molar-refractivity contribution in [2.24, 2.45) is 0 Å². The summed E-state index contributed by atoms with van der Waals surface area (Å²) < 4.78 is 233. The van der Waals surface area contributed by atoms with Crippen molar-refractivity contribution in [3.05, 3.63) is 132 Å². The maximum Gasteiger partial charge on any atom is 0.490 e. The van der Waals surface area contributed by atoms with Crippen LogP contribution in [0.4, 0.5) is 0 Å². The zero-order chi connectivity index (χ0) is 96.1. The van der Waals surface area contributed by atoms with E-state index in [1.165, 1.54) is 0 Å². The number of alkyl halides is 4. The highest BCUT2D eigenvalue weighted by molar-refractivity contribution is 7.68. The molecule has 0 amide bonds. The first-order valence-corrected chi connectivity index (χ1v) is 48.3. The van der Waals surface area contributed by atoms with Gasteiger partial charge in [-0.15, -0.1) is 0 Å². The predicted octanol–water partition coefficient (Wildman–Crippen LogP) is -7.74. The van der Waals surface area contributed by atoms with Gasteiger partial charge in [0, 0.05) is 49.1 Å². The van der Waals surface area contributed by atoms with Gasteiger partial charge in [-0.25, -0.2) is 74.0 Å². The molecule has 4 aliphatic heterocycles. The first-order chi connectivity index (χ1) is 55.3. The van der Waals surface area contributed by atoms with Gasteiger partial charge in [-0.1, -0.05) is 46.4 Å². The molecule has 8 unspecified atom stereocenters. The Hall–Kier alpha value is -2.96. The van der Waals surface area contributed by atoms with Gasteiger partial charge in [0.1, 0.15) is 75.2 Å². The lowest BCUT2D eigenvalue weighted by molar-refractivity contribution is -0.0774. The molecule has 28 N–H and O–H groups in total. The SMILES string of the molecule is O=c1ccn([C@@H]2O[C@](Cl)(COP(=O)(O)OP(=O)(O)OP(=O)(O)O)[C@@H](O)[C@H]2O)c(=O)[nH]1.O=c1ccn([C@@H]2O[C@](Cl)(COP(=O)(O)OP(=O)(O)OP(=O)(O)O)[C@@H](O)[C@H]2O)c(=O)[nH]1.[2H]C([2H])(OP(=O)(O)OP(=O)(O)OP(=O)(O)O)[C@@]1(Cl)O[C@@]([2H])(n2ccc(=O)[nH]c2=O)[C@H](O)[C@@H]1O.[2H][C@@]1(n2ccc(=O)[nH]c2=O)O[C@](Cl)(COP(=O)(O)OP(=O)(O)OP(=O)(O)O)[C@@H](O)[C@H]1O. The molecular formula is C36H56Cl4N8O60P12. The Bertz CT molecular complexity index is 5600. The number of aromatic amines is 4. The van der Waals surface area contributed by atoms with Gasteiger partial charge in [0.15, 0.2) is 45.1 Å². The number of hydrogen-bond acceptors (Lipinski definition) is 44. The summed E-state index contributed by atoms with van der Waals surface area (Å²) >= 11 is 23.5. The van der Waals surface area contributed by atoms with E-state index >= 15 is 0 Å². The minimum Gasteiger partial charge on any atom is -0.386 e. The fourth-order valence-electron chi connectivity index (χ4n) is 8.31.